The first kappa shape index (κ1) is 13.3. The van der Waals surface area contributed by atoms with Crippen LogP contribution in [-0.4, -0.2) is 40.7 Å². The molecule has 108 valence electrons. The molecule has 1 unspecified atom stereocenters. The molecule has 2 fully saturated rings. The molecule has 1 saturated heterocycles. The van der Waals surface area contributed by atoms with Crippen LogP contribution in [0.5, 0.6) is 5.88 Å². The van der Waals surface area contributed by atoms with Gasteiger partial charge in [-0.05, 0) is 25.3 Å². The lowest BCUT2D eigenvalue weighted by Gasteiger charge is -2.15. The summed E-state index contributed by atoms with van der Waals surface area (Å²) in [6.45, 7) is 4.18. The highest BCUT2D eigenvalue weighted by Crippen LogP contribution is 2.38. The Morgan fingerprint density at radius 1 is 1.35 bits per heavy atom. The van der Waals surface area contributed by atoms with Gasteiger partial charge in [0.2, 0.25) is 11.8 Å². The molecule has 1 amide bonds. The van der Waals surface area contributed by atoms with E-state index in [1.165, 1.54) is 12.8 Å². The van der Waals surface area contributed by atoms with Crippen LogP contribution in [0.2, 0.25) is 0 Å². The van der Waals surface area contributed by atoms with Gasteiger partial charge in [-0.15, -0.1) is 5.10 Å². The van der Waals surface area contributed by atoms with Crippen molar-refractivity contribution in [1.82, 2.24) is 15.1 Å². The predicted octanol–water partition coefficient (Wildman–Crippen LogP) is 1.99. The minimum atomic E-state index is 0.237. The summed E-state index contributed by atoms with van der Waals surface area (Å²) in [4.78, 5) is 13.5. The third-order valence-electron chi connectivity index (χ3n) is 4.06. The minimum Gasteiger partial charge on any atom is -0.476 e. The molecule has 1 saturated carbocycles. The second kappa shape index (κ2) is 5.77. The highest BCUT2D eigenvalue weighted by molar-refractivity contribution is 5.76. The van der Waals surface area contributed by atoms with Gasteiger partial charge in [-0.25, -0.2) is 0 Å². The topological polar surface area (TPSA) is 55.3 Å². The lowest BCUT2D eigenvalue weighted by atomic mass is 10.1. The maximum Gasteiger partial charge on any atom is 0.233 e. The Kier molecular flexibility index (Phi) is 3.85. The molecule has 1 aliphatic heterocycles. The van der Waals surface area contributed by atoms with Gasteiger partial charge >= 0.3 is 0 Å². The quantitative estimate of drug-likeness (QED) is 0.824. The Morgan fingerprint density at radius 2 is 2.20 bits per heavy atom. The summed E-state index contributed by atoms with van der Waals surface area (Å²) in [7, 11) is 0. The summed E-state index contributed by atoms with van der Waals surface area (Å²) < 4.78 is 5.70. The van der Waals surface area contributed by atoms with Crippen LogP contribution in [0.3, 0.4) is 0 Å². The highest BCUT2D eigenvalue weighted by atomic mass is 16.5. The Balaban J connectivity index is 1.46. The summed E-state index contributed by atoms with van der Waals surface area (Å²) >= 11 is 0. The monoisotopic (exact) mass is 275 g/mol. The number of likely N-dealkylation sites (tertiary alicyclic amines) is 1. The fourth-order valence-electron chi connectivity index (χ4n) is 2.63. The molecule has 0 N–H and O–H groups in total. The number of ether oxygens (including phenoxy) is 1. The van der Waals surface area contributed by atoms with Crippen LogP contribution in [0.25, 0.3) is 0 Å². The zero-order valence-corrected chi connectivity index (χ0v) is 11.9. The van der Waals surface area contributed by atoms with Gasteiger partial charge in [0.25, 0.3) is 0 Å². The molecular weight excluding hydrogens is 254 g/mol. The molecule has 1 aromatic heterocycles. The van der Waals surface area contributed by atoms with Gasteiger partial charge in [0.05, 0.1) is 12.3 Å². The van der Waals surface area contributed by atoms with Crippen molar-refractivity contribution in [3.63, 3.8) is 0 Å². The number of carbonyl (C=O) groups is 1. The molecule has 20 heavy (non-hydrogen) atoms. The third kappa shape index (κ3) is 3.08. The van der Waals surface area contributed by atoms with Crippen molar-refractivity contribution < 1.29 is 9.53 Å². The van der Waals surface area contributed by atoms with Gasteiger partial charge in [-0.1, -0.05) is 6.92 Å². The number of amides is 1. The van der Waals surface area contributed by atoms with Crippen molar-refractivity contribution in [2.24, 2.45) is 5.92 Å². The van der Waals surface area contributed by atoms with Crippen molar-refractivity contribution in [3.8, 4) is 5.88 Å². The van der Waals surface area contributed by atoms with Gasteiger partial charge in [-0.2, -0.15) is 5.10 Å². The fraction of sp³-hybridized carbons (Fsp3) is 0.667. The molecular formula is C15H21N3O2. The lowest BCUT2D eigenvalue weighted by molar-refractivity contribution is -0.129. The minimum absolute atomic E-state index is 0.237. The van der Waals surface area contributed by atoms with Crippen molar-refractivity contribution in [1.29, 1.82) is 0 Å². The molecule has 0 aromatic carbocycles. The number of hydrogen-bond acceptors (Lipinski definition) is 4. The molecule has 1 aromatic rings. The van der Waals surface area contributed by atoms with E-state index in [1.54, 1.807) is 0 Å². The van der Waals surface area contributed by atoms with Gasteiger partial charge < -0.3 is 9.64 Å². The summed E-state index contributed by atoms with van der Waals surface area (Å²) in [5, 5.41) is 8.32. The number of rotatable bonds is 5. The molecule has 1 aliphatic carbocycles. The summed E-state index contributed by atoms with van der Waals surface area (Å²) in [5.41, 5.74) is 1.08. The Labute approximate surface area is 119 Å². The second-order valence-electron chi connectivity index (χ2n) is 5.73. The number of nitrogens with zero attached hydrogens (tertiary/aromatic N) is 3. The summed E-state index contributed by atoms with van der Waals surface area (Å²) in [6.07, 6.45) is 4.07. The van der Waals surface area contributed by atoms with Gasteiger partial charge in [0.1, 0.15) is 0 Å². The zero-order valence-electron chi connectivity index (χ0n) is 11.9. The maximum absolute atomic E-state index is 11.6. The van der Waals surface area contributed by atoms with E-state index in [4.69, 9.17) is 4.74 Å². The van der Waals surface area contributed by atoms with Crippen LogP contribution < -0.4 is 4.74 Å². The molecule has 0 radical (unpaired) electrons. The van der Waals surface area contributed by atoms with E-state index in [0.717, 1.165) is 25.2 Å². The third-order valence-corrected chi connectivity index (χ3v) is 4.06. The SMILES string of the molecule is CCC(=O)N1CCC(COc2ccc(C3CC3)nn2)C1. The van der Waals surface area contributed by atoms with Crippen LogP contribution in [0.4, 0.5) is 0 Å². The standard InChI is InChI=1S/C15H21N3O2/c1-2-15(19)18-8-7-11(9-18)10-20-14-6-5-13(16-17-14)12-3-4-12/h5-6,11-12H,2-4,7-10H2,1H3. The van der Waals surface area contributed by atoms with Crippen molar-refractivity contribution in [2.45, 2.75) is 38.5 Å². The van der Waals surface area contributed by atoms with E-state index in [-0.39, 0.29) is 5.91 Å². The fourth-order valence-corrected chi connectivity index (χ4v) is 2.63. The van der Waals surface area contributed by atoms with E-state index < -0.39 is 0 Å². The van der Waals surface area contributed by atoms with Crippen LogP contribution in [-0.2, 0) is 4.79 Å². The summed E-state index contributed by atoms with van der Waals surface area (Å²) in [5.74, 6) is 1.87. The molecule has 0 bridgehead atoms. The first-order chi connectivity index (χ1) is 9.76. The predicted molar refractivity (Wildman–Crippen MR) is 74.5 cm³/mol. The first-order valence-electron chi connectivity index (χ1n) is 7.50. The zero-order chi connectivity index (χ0) is 13.9. The second-order valence-corrected chi connectivity index (χ2v) is 5.73. The maximum atomic E-state index is 11.6. The smallest absolute Gasteiger partial charge is 0.233 e. The van der Waals surface area contributed by atoms with Crippen LogP contribution in [0.1, 0.15) is 44.2 Å². The van der Waals surface area contributed by atoms with E-state index in [2.05, 4.69) is 10.2 Å². The summed E-state index contributed by atoms with van der Waals surface area (Å²) in [6, 6.07) is 3.92. The van der Waals surface area contributed by atoms with E-state index in [0.29, 0.717) is 30.7 Å². The molecule has 3 rings (SSSR count). The number of aromatic nitrogens is 2. The average Bonchev–Trinajstić information content (AvgIpc) is 3.23. The molecule has 5 nitrogen and oxygen atoms in total. The van der Waals surface area contributed by atoms with Crippen molar-refractivity contribution in [3.05, 3.63) is 17.8 Å². The molecule has 5 heteroatoms. The first-order valence-corrected chi connectivity index (χ1v) is 7.50. The Morgan fingerprint density at radius 3 is 2.85 bits per heavy atom. The molecule has 2 aliphatic rings. The Bertz CT molecular complexity index is 471. The van der Waals surface area contributed by atoms with E-state index in [9.17, 15) is 4.79 Å². The number of carbonyl (C=O) groups excluding carboxylic acids is 1. The number of hydrogen-bond donors (Lipinski definition) is 0. The van der Waals surface area contributed by atoms with Gasteiger partial charge in [0, 0.05) is 37.4 Å². The normalized spacial score (nSPS) is 22.1. The average molecular weight is 275 g/mol. The van der Waals surface area contributed by atoms with Crippen LogP contribution >= 0.6 is 0 Å². The van der Waals surface area contributed by atoms with Crippen LogP contribution in [0, 0.1) is 5.92 Å². The van der Waals surface area contributed by atoms with Crippen molar-refractivity contribution >= 4 is 5.91 Å². The van der Waals surface area contributed by atoms with Gasteiger partial charge in [0.15, 0.2) is 0 Å². The lowest BCUT2D eigenvalue weighted by Crippen LogP contribution is -2.28. The van der Waals surface area contributed by atoms with Crippen LogP contribution in [0.15, 0.2) is 12.1 Å². The van der Waals surface area contributed by atoms with E-state index >= 15 is 0 Å². The molecule has 2 heterocycles. The largest absolute Gasteiger partial charge is 0.476 e. The Hall–Kier alpha value is -1.65. The molecule has 0 spiro atoms. The highest BCUT2D eigenvalue weighted by Gasteiger charge is 2.27. The van der Waals surface area contributed by atoms with Crippen molar-refractivity contribution in [2.75, 3.05) is 19.7 Å². The van der Waals surface area contributed by atoms with E-state index in [1.807, 2.05) is 24.0 Å². The molecule has 1 atom stereocenters. The van der Waals surface area contributed by atoms with Gasteiger partial charge in [-0.3, -0.25) is 4.79 Å².